The highest BCUT2D eigenvalue weighted by Crippen LogP contribution is 2.39. The first-order chi connectivity index (χ1) is 18.1. The molecule has 176 valence electrons. The number of rotatable bonds is 3. The Balaban J connectivity index is 1.23. The number of fused-ring (bicyclic) bond motifs is 4. The minimum Gasteiger partial charge on any atom is -0.256 e. The summed E-state index contributed by atoms with van der Waals surface area (Å²) >= 11 is 14.2. The van der Waals surface area contributed by atoms with E-state index >= 15 is 0 Å². The van der Waals surface area contributed by atoms with Crippen LogP contribution in [0.15, 0.2) is 109 Å². The summed E-state index contributed by atoms with van der Waals surface area (Å²) in [5, 5.41) is 4.79. The molecule has 0 fully saturated rings. The number of nitrogens with zero attached hydrogens (tertiary/aromatic N) is 2. The molecular weight excluding hydrogens is 515 g/mol. The molecule has 0 atom stereocenters. The lowest BCUT2D eigenvalue weighted by Gasteiger charge is -2.09. The van der Waals surface area contributed by atoms with E-state index in [1.54, 1.807) is 17.4 Å². The van der Waals surface area contributed by atoms with Gasteiger partial charge in [-0.2, -0.15) is 0 Å². The minimum atomic E-state index is 0.620. The molecule has 3 heterocycles. The van der Waals surface area contributed by atoms with Crippen LogP contribution in [0.5, 0.6) is 0 Å². The van der Waals surface area contributed by atoms with Crippen molar-refractivity contribution in [2.45, 2.75) is 0 Å². The van der Waals surface area contributed by atoms with Gasteiger partial charge in [0.25, 0.3) is 0 Å². The van der Waals surface area contributed by atoms with Crippen molar-refractivity contribution in [3.05, 3.63) is 120 Å². The average Bonchev–Trinajstić information content (AvgIpc) is 3.31. The molecule has 0 saturated carbocycles. The molecule has 0 unspecified atom stereocenters. The summed E-state index contributed by atoms with van der Waals surface area (Å²) in [5.74, 6) is 0. The van der Waals surface area contributed by atoms with E-state index in [2.05, 4.69) is 77.8 Å². The highest BCUT2D eigenvalue weighted by molar-refractivity contribution is 7.26. The first-order valence-corrected chi connectivity index (χ1v) is 13.4. The van der Waals surface area contributed by atoms with Gasteiger partial charge in [0.2, 0.25) is 0 Å². The van der Waals surface area contributed by atoms with Crippen molar-refractivity contribution >= 4 is 65.7 Å². The first-order valence-electron chi connectivity index (χ1n) is 11.9. The second-order valence-electron chi connectivity index (χ2n) is 9.01. The molecule has 0 amide bonds. The Bertz CT molecular complexity index is 1940. The molecular formula is C32H18Cl2N2S. The van der Waals surface area contributed by atoms with Crippen LogP contribution >= 0.6 is 34.5 Å². The summed E-state index contributed by atoms with van der Waals surface area (Å²) in [7, 11) is 0. The van der Waals surface area contributed by atoms with Crippen LogP contribution in [0.2, 0.25) is 10.0 Å². The van der Waals surface area contributed by atoms with Crippen molar-refractivity contribution in [1.29, 1.82) is 0 Å². The van der Waals surface area contributed by atoms with Gasteiger partial charge in [0, 0.05) is 48.9 Å². The SMILES string of the molecule is Clc1cc(Cl)cc(-c2ccc3cc(-c4ccc(-c5cccc6c5sc5ncccc56)cc4)cnc3c2)c1. The molecule has 0 aliphatic carbocycles. The maximum Gasteiger partial charge on any atom is 0.124 e. The smallest absolute Gasteiger partial charge is 0.124 e. The van der Waals surface area contributed by atoms with Gasteiger partial charge >= 0.3 is 0 Å². The van der Waals surface area contributed by atoms with Crippen LogP contribution in [0.3, 0.4) is 0 Å². The summed E-state index contributed by atoms with van der Waals surface area (Å²) in [6.07, 6.45) is 3.79. The molecule has 0 aliphatic heterocycles. The first kappa shape index (κ1) is 22.4. The third-order valence-corrected chi connectivity index (χ3v) is 8.28. The van der Waals surface area contributed by atoms with Gasteiger partial charge in [-0.25, -0.2) is 4.98 Å². The molecule has 4 aromatic carbocycles. The summed E-state index contributed by atoms with van der Waals surface area (Å²) < 4.78 is 1.27. The molecule has 3 aromatic heterocycles. The van der Waals surface area contributed by atoms with Gasteiger partial charge in [-0.15, -0.1) is 11.3 Å². The van der Waals surface area contributed by atoms with Crippen molar-refractivity contribution in [2.75, 3.05) is 0 Å². The third-order valence-electron chi connectivity index (χ3n) is 6.68. The van der Waals surface area contributed by atoms with Gasteiger partial charge in [0.1, 0.15) is 4.83 Å². The van der Waals surface area contributed by atoms with E-state index in [9.17, 15) is 0 Å². The monoisotopic (exact) mass is 532 g/mol. The quantitative estimate of drug-likeness (QED) is 0.226. The highest BCUT2D eigenvalue weighted by atomic mass is 35.5. The van der Waals surface area contributed by atoms with Crippen LogP contribution in [0.25, 0.3) is 64.6 Å². The van der Waals surface area contributed by atoms with Crippen molar-refractivity contribution in [1.82, 2.24) is 9.97 Å². The normalized spacial score (nSPS) is 11.5. The molecule has 37 heavy (non-hydrogen) atoms. The van der Waals surface area contributed by atoms with Crippen LogP contribution in [-0.2, 0) is 0 Å². The predicted octanol–water partition coefficient (Wildman–Crippen LogP) is 10.3. The lowest BCUT2D eigenvalue weighted by Crippen LogP contribution is -1.86. The van der Waals surface area contributed by atoms with Gasteiger partial charge in [0.05, 0.1) is 5.52 Å². The fourth-order valence-corrected chi connectivity index (χ4v) is 6.59. The summed E-state index contributed by atoms with van der Waals surface area (Å²) in [6, 6.07) is 33.4. The number of pyridine rings is 2. The molecule has 0 N–H and O–H groups in total. The Hall–Kier alpha value is -3.76. The van der Waals surface area contributed by atoms with Crippen molar-refractivity contribution in [2.24, 2.45) is 0 Å². The van der Waals surface area contributed by atoms with Gasteiger partial charge in [-0.05, 0) is 70.3 Å². The Labute approximate surface area is 227 Å². The van der Waals surface area contributed by atoms with Crippen molar-refractivity contribution in [3.8, 4) is 33.4 Å². The average molecular weight is 533 g/mol. The number of hydrogen-bond acceptors (Lipinski definition) is 3. The van der Waals surface area contributed by atoms with E-state index in [0.717, 1.165) is 38.0 Å². The number of hydrogen-bond donors (Lipinski definition) is 0. The van der Waals surface area contributed by atoms with Crippen LogP contribution in [0, 0.1) is 0 Å². The molecule has 2 nitrogen and oxygen atoms in total. The molecule has 7 aromatic rings. The maximum atomic E-state index is 6.20. The van der Waals surface area contributed by atoms with Gasteiger partial charge < -0.3 is 0 Å². The lowest BCUT2D eigenvalue weighted by atomic mass is 9.98. The third kappa shape index (κ3) is 4.06. The van der Waals surface area contributed by atoms with E-state index in [1.165, 1.54) is 26.6 Å². The zero-order chi connectivity index (χ0) is 24.9. The fraction of sp³-hybridized carbons (Fsp3) is 0. The van der Waals surface area contributed by atoms with Gasteiger partial charge in [-0.3, -0.25) is 4.98 Å². The number of benzene rings is 4. The zero-order valence-corrected chi connectivity index (χ0v) is 21.8. The van der Waals surface area contributed by atoms with E-state index in [0.29, 0.717) is 10.0 Å². The number of aromatic nitrogens is 2. The van der Waals surface area contributed by atoms with Crippen LogP contribution in [0.1, 0.15) is 0 Å². The Morgan fingerprint density at radius 2 is 1.32 bits per heavy atom. The van der Waals surface area contributed by atoms with Gasteiger partial charge in [-0.1, -0.05) is 77.8 Å². The molecule has 7 rings (SSSR count). The molecule has 0 saturated heterocycles. The van der Waals surface area contributed by atoms with E-state index in [4.69, 9.17) is 28.2 Å². The van der Waals surface area contributed by atoms with Crippen molar-refractivity contribution < 1.29 is 0 Å². The van der Waals surface area contributed by atoms with Crippen LogP contribution < -0.4 is 0 Å². The number of thiophene rings is 1. The molecule has 5 heteroatoms. The Morgan fingerprint density at radius 1 is 0.568 bits per heavy atom. The standard InChI is InChI=1S/C32H18Cl2N2S/c33-25-14-23(15-26(34)17-25)21-10-11-22-13-24(18-36-30(22)16-21)19-6-8-20(9-7-19)27-3-1-4-28-29-5-2-12-35-32(29)37-31(27)28/h1-18H. The van der Waals surface area contributed by atoms with E-state index in [-0.39, 0.29) is 0 Å². The zero-order valence-electron chi connectivity index (χ0n) is 19.5. The summed E-state index contributed by atoms with van der Waals surface area (Å²) in [6.45, 7) is 0. The van der Waals surface area contributed by atoms with Gasteiger partial charge in [0.15, 0.2) is 0 Å². The molecule has 0 aliphatic rings. The highest BCUT2D eigenvalue weighted by Gasteiger charge is 2.11. The fourth-order valence-electron chi connectivity index (χ4n) is 4.88. The summed E-state index contributed by atoms with van der Waals surface area (Å²) in [5.41, 5.74) is 7.59. The van der Waals surface area contributed by atoms with E-state index in [1.807, 2.05) is 30.6 Å². The van der Waals surface area contributed by atoms with E-state index < -0.39 is 0 Å². The second kappa shape index (κ2) is 8.97. The van der Waals surface area contributed by atoms with Crippen LogP contribution in [-0.4, -0.2) is 9.97 Å². The molecule has 0 radical (unpaired) electrons. The molecule has 0 bridgehead atoms. The predicted molar refractivity (Wildman–Crippen MR) is 159 cm³/mol. The van der Waals surface area contributed by atoms with Crippen LogP contribution in [0.4, 0.5) is 0 Å². The second-order valence-corrected chi connectivity index (χ2v) is 10.9. The summed E-state index contributed by atoms with van der Waals surface area (Å²) in [4.78, 5) is 10.4. The minimum absolute atomic E-state index is 0.620. The lowest BCUT2D eigenvalue weighted by molar-refractivity contribution is 1.41. The Kier molecular flexibility index (Phi) is 5.44. The largest absolute Gasteiger partial charge is 0.256 e. The maximum absolute atomic E-state index is 6.20. The molecule has 0 spiro atoms. The number of halogens is 2. The Morgan fingerprint density at radius 3 is 2.16 bits per heavy atom. The topological polar surface area (TPSA) is 25.8 Å². The van der Waals surface area contributed by atoms with Crippen molar-refractivity contribution in [3.63, 3.8) is 0 Å².